The SMILES string of the molecule is O=C1CC(Oc2c(Br)cccc2Br)C1. The lowest BCUT2D eigenvalue weighted by atomic mass is 9.94. The number of ketones is 1. The molecular weight excluding hydrogens is 312 g/mol. The number of rotatable bonds is 2. The molecule has 0 unspecified atom stereocenters. The summed E-state index contributed by atoms with van der Waals surface area (Å²) in [4.78, 5) is 10.8. The van der Waals surface area contributed by atoms with E-state index in [9.17, 15) is 4.79 Å². The molecule has 1 aromatic carbocycles. The predicted octanol–water partition coefficient (Wildman–Crippen LogP) is 3.32. The highest BCUT2D eigenvalue weighted by Gasteiger charge is 2.29. The van der Waals surface area contributed by atoms with Crippen LogP contribution in [0.4, 0.5) is 0 Å². The average molecular weight is 320 g/mol. The van der Waals surface area contributed by atoms with Crippen LogP contribution in [-0.4, -0.2) is 11.9 Å². The fraction of sp³-hybridized carbons (Fsp3) is 0.300. The first-order chi connectivity index (χ1) is 6.66. The molecule has 1 aromatic rings. The van der Waals surface area contributed by atoms with E-state index in [1.54, 1.807) is 0 Å². The summed E-state index contributed by atoms with van der Waals surface area (Å²) in [6.45, 7) is 0. The molecule has 0 amide bonds. The van der Waals surface area contributed by atoms with Crippen LogP contribution in [0.25, 0.3) is 0 Å². The number of hydrogen-bond donors (Lipinski definition) is 0. The molecule has 0 aromatic heterocycles. The normalized spacial score (nSPS) is 16.6. The highest BCUT2D eigenvalue weighted by atomic mass is 79.9. The van der Waals surface area contributed by atoms with Crippen molar-refractivity contribution in [3.8, 4) is 5.75 Å². The summed E-state index contributed by atoms with van der Waals surface area (Å²) in [6, 6.07) is 5.76. The number of halogens is 2. The van der Waals surface area contributed by atoms with Gasteiger partial charge in [-0.2, -0.15) is 0 Å². The maximum Gasteiger partial charge on any atom is 0.148 e. The second-order valence-electron chi connectivity index (χ2n) is 3.24. The van der Waals surface area contributed by atoms with Crippen molar-refractivity contribution < 1.29 is 9.53 Å². The van der Waals surface area contributed by atoms with E-state index in [2.05, 4.69) is 31.9 Å². The number of carbonyl (C=O) groups excluding carboxylic acids is 1. The molecule has 0 radical (unpaired) electrons. The zero-order valence-corrected chi connectivity index (χ0v) is 10.5. The fourth-order valence-corrected chi connectivity index (χ4v) is 2.48. The monoisotopic (exact) mass is 318 g/mol. The lowest BCUT2D eigenvalue weighted by Crippen LogP contribution is -2.33. The van der Waals surface area contributed by atoms with E-state index < -0.39 is 0 Å². The standard InChI is InChI=1S/C10H8Br2O2/c11-8-2-1-3-9(12)10(8)14-7-4-6(13)5-7/h1-3,7H,4-5H2. The van der Waals surface area contributed by atoms with E-state index in [-0.39, 0.29) is 11.9 Å². The van der Waals surface area contributed by atoms with Gasteiger partial charge in [-0.05, 0) is 44.0 Å². The minimum Gasteiger partial charge on any atom is -0.487 e. The van der Waals surface area contributed by atoms with Crippen LogP contribution in [0.2, 0.25) is 0 Å². The molecule has 2 rings (SSSR count). The molecule has 0 bridgehead atoms. The number of ether oxygens (including phenoxy) is 1. The second-order valence-corrected chi connectivity index (χ2v) is 4.95. The Kier molecular flexibility index (Phi) is 2.93. The topological polar surface area (TPSA) is 26.3 Å². The van der Waals surface area contributed by atoms with Crippen molar-refractivity contribution in [1.82, 2.24) is 0 Å². The summed E-state index contributed by atoms with van der Waals surface area (Å²) < 4.78 is 7.48. The molecule has 0 spiro atoms. The maximum absolute atomic E-state index is 10.8. The van der Waals surface area contributed by atoms with E-state index in [4.69, 9.17) is 4.74 Å². The van der Waals surface area contributed by atoms with E-state index >= 15 is 0 Å². The third-order valence-electron chi connectivity index (χ3n) is 2.11. The minimum absolute atomic E-state index is 0.0532. The lowest BCUT2D eigenvalue weighted by Gasteiger charge is -2.26. The van der Waals surface area contributed by atoms with E-state index in [1.165, 1.54) is 0 Å². The molecule has 0 atom stereocenters. The Morgan fingerprint density at radius 3 is 2.29 bits per heavy atom. The van der Waals surface area contributed by atoms with Crippen LogP contribution in [0.1, 0.15) is 12.8 Å². The highest BCUT2D eigenvalue weighted by Crippen LogP contribution is 2.35. The van der Waals surface area contributed by atoms with Gasteiger partial charge in [0.05, 0.1) is 8.95 Å². The highest BCUT2D eigenvalue weighted by molar-refractivity contribution is 9.11. The Hall–Kier alpha value is -0.350. The number of Topliss-reactive ketones (excluding diaryl/α,β-unsaturated/α-hetero) is 1. The van der Waals surface area contributed by atoms with Crippen LogP contribution in [0.3, 0.4) is 0 Å². The molecule has 74 valence electrons. The predicted molar refractivity (Wildman–Crippen MR) is 60.5 cm³/mol. The molecular formula is C10H8Br2O2. The van der Waals surface area contributed by atoms with Crippen LogP contribution in [-0.2, 0) is 4.79 Å². The first kappa shape index (κ1) is 10.2. The van der Waals surface area contributed by atoms with Crippen molar-refractivity contribution in [3.05, 3.63) is 27.1 Å². The molecule has 2 nitrogen and oxygen atoms in total. The molecule has 1 aliphatic rings. The Morgan fingerprint density at radius 1 is 1.21 bits per heavy atom. The Morgan fingerprint density at radius 2 is 1.79 bits per heavy atom. The summed E-state index contributed by atoms with van der Waals surface area (Å²) in [5.41, 5.74) is 0. The Labute approximate surface area is 98.9 Å². The summed E-state index contributed by atoms with van der Waals surface area (Å²) in [5.74, 6) is 1.06. The van der Waals surface area contributed by atoms with Gasteiger partial charge in [-0.3, -0.25) is 4.79 Å². The molecule has 1 aliphatic carbocycles. The third kappa shape index (κ3) is 2.01. The van der Waals surface area contributed by atoms with Gasteiger partial charge in [-0.1, -0.05) is 6.07 Å². The number of hydrogen-bond acceptors (Lipinski definition) is 2. The van der Waals surface area contributed by atoms with Crippen LogP contribution in [0, 0.1) is 0 Å². The average Bonchev–Trinajstić information content (AvgIpc) is 2.08. The van der Waals surface area contributed by atoms with E-state index in [0.29, 0.717) is 12.8 Å². The molecule has 0 aliphatic heterocycles. The van der Waals surface area contributed by atoms with Crippen LogP contribution in [0.5, 0.6) is 5.75 Å². The number of para-hydroxylation sites is 1. The Bertz CT molecular complexity index is 348. The van der Waals surface area contributed by atoms with E-state index in [1.807, 2.05) is 18.2 Å². The molecule has 0 saturated heterocycles. The summed E-state index contributed by atoms with van der Waals surface area (Å²) >= 11 is 6.81. The van der Waals surface area contributed by atoms with Crippen molar-refractivity contribution in [2.24, 2.45) is 0 Å². The van der Waals surface area contributed by atoms with Crippen molar-refractivity contribution in [3.63, 3.8) is 0 Å². The van der Waals surface area contributed by atoms with Gasteiger partial charge in [-0.25, -0.2) is 0 Å². The van der Waals surface area contributed by atoms with Gasteiger partial charge >= 0.3 is 0 Å². The van der Waals surface area contributed by atoms with Crippen LogP contribution < -0.4 is 4.74 Å². The third-order valence-corrected chi connectivity index (χ3v) is 3.36. The van der Waals surface area contributed by atoms with E-state index in [0.717, 1.165) is 14.7 Å². The second kappa shape index (κ2) is 4.03. The van der Waals surface area contributed by atoms with Gasteiger partial charge in [0, 0.05) is 12.8 Å². The molecule has 0 N–H and O–H groups in total. The molecule has 4 heteroatoms. The smallest absolute Gasteiger partial charge is 0.148 e. The molecule has 14 heavy (non-hydrogen) atoms. The largest absolute Gasteiger partial charge is 0.487 e. The summed E-state index contributed by atoms with van der Waals surface area (Å²) in [6.07, 6.45) is 1.12. The molecule has 0 heterocycles. The van der Waals surface area contributed by atoms with Crippen molar-refractivity contribution in [2.75, 3.05) is 0 Å². The van der Waals surface area contributed by atoms with Gasteiger partial charge < -0.3 is 4.74 Å². The number of carbonyl (C=O) groups is 1. The van der Waals surface area contributed by atoms with Crippen molar-refractivity contribution >= 4 is 37.6 Å². The minimum atomic E-state index is 0.0532. The maximum atomic E-state index is 10.8. The quantitative estimate of drug-likeness (QED) is 0.836. The van der Waals surface area contributed by atoms with Crippen molar-refractivity contribution in [1.29, 1.82) is 0 Å². The molecule has 1 saturated carbocycles. The Balaban J connectivity index is 2.12. The lowest BCUT2D eigenvalue weighted by molar-refractivity contribution is -0.129. The van der Waals surface area contributed by atoms with Gasteiger partial charge in [0.1, 0.15) is 17.6 Å². The first-order valence-electron chi connectivity index (χ1n) is 4.29. The fourth-order valence-electron chi connectivity index (χ4n) is 1.29. The van der Waals surface area contributed by atoms with Gasteiger partial charge in [0.15, 0.2) is 0 Å². The zero-order chi connectivity index (χ0) is 10.1. The van der Waals surface area contributed by atoms with Gasteiger partial charge in [-0.15, -0.1) is 0 Å². The van der Waals surface area contributed by atoms with Crippen LogP contribution >= 0.6 is 31.9 Å². The summed E-state index contributed by atoms with van der Waals surface area (Å²) in [5, 5.41) is 0. The van der Waals surface area contributed by atoms with Crippen molar-refractivity contribution in [2.45, 2.75) is 18.9 Å². The van der Waals surface area contributed by atoms with Crippen LogP contribution in [0.15, 0.2) is 27.1 Å². The zero-order valence-electron chi connectivity index (χ0n) is 7.30. The summed E-state index contributed by atoms with van der Waals surface area (Å²) in [7, 11) is 0. The van der Waals surface area contributed by atoms with Gasteiger partial charge in [0.2, 0.25) is 0 Å². The van der Waals surface area contributed by atoms with Gasteiger partial charge in [0.25, 0.3) is 0 Å². The number of benzene rings is 1. The first-order valence-corrected chi connectivity index (χ1v) is 5.88. The molecule has 1 fully saturated rings.